The highest BCUT2D eigenvalue weighted by atomic mass is 16.5. The third kappa shape index (κ3) is 4.16. The number of benzene rings is 1. The maximum absolute atomic E-state index is 11.8. The molecule has 7 heteroatoms. The zero-order valence-electron chi connectivity index (χ0n) is 12.3. The number of urea groups is 1. The van der Waals surface area contributed by atoms with Gasteiger partial charge in [0.25, 0.3) is 0 Å². The molecule has 0 saturated heterocycles. The van der Waals surface area contributed by atoms with E-state index in [1.54, 1.807) is 24.3 Å². The first-order valence-corrected chi connectivity index (χ1v) is 6.60. The van der Waals surface area contributed by atoms with Crippen molar-refractivity contribution in [2.45, 2.75) is 6.10 Å². The lowest BCUT2D eigenvalue weighted by atomic mass is 10.2. The van der Waals surface area contributed by atoms with Crippen LogP contribution in [0.15, 0.2) is 41.2 Å². The number of methoxy groups -OCH3 is 2. The Balaban J connectivity index is 1.91. The number of hydrogen-bond acceptors (Lipinski definition) is 5. The van der Waals surface area contributed by atoms with Crippen LogP contribution in [0.1, 0.15) is 11.7 Å². The lowest BCUT2D eigenvalue weighted by Crippen LogP contribution is -2.32. The second-order valence-electron chi connectivity index (χ2n) is 4.51. The van der Waals surface area contributed by atoms with Crippen molar-refractivity contribution in [3.63, 3.8) is 0 Å². The largest absolute Gasteiger partial charge is 0.497 e. The third-order valence-electron chi connectivity index (χ3n) is 2.99. The van der Waals surface area contributed by atoms with E-state index in [1.807, 2.05) is 0 Å². The number of rotatable bonds is 6. The average Bonchev–Trinajstić information content (AvgIpc) is 3.06. The van der Waals surface area contributed by atoms with Gasteiger partial charge in [0.15, 0.2) is 0 Å². The Morgan fingerprint density at radius 2 is 1.95 bits per heavy atom. The molecule has 2 aromatic rings. The first-order chi connectivity index (χ1) is 10.6. The van der Waals surface area contributed by atoms with E-state index >= 15 is 0 Å². The van der Waals surface area contributed by atoms with Crippen LogP contribution in [0.4, 0.5) is 10.5 Å². The van der Waals surface area contributed by atoms with E-state index in [0.29, 0.717) is 22.7 Å². The molecule has 3 N–H and O–H groups in total. The maximum atomic E-state index is 11.8. The molecule has 1 aromatic carbocycles. The van der Waals surface area contributed by atoms with Crippen molar-refractivity contribution < 1.29 is 23.8 Å². The molecule has 0 saturated carbocycles. The Morgan fingerprint density at radius 3 is 2.50 bits per heavy atom. The number of carbonyl (C=O) groups is 1. The summed E-state index contributed by atoms with van der Waals surface area (Å²) in [6.45, 7) is 0.0620. The zero-order chi connectivity index (χ0) is 15.9. The summed E-state index contributed by atoms with van der Waals surface area (Å²) in [4.78, 5) is 11.8. The Morgan fingerprint density at radius 1 is 1.27 bits per heavy atom. The minimum atomic E-state index is -0.829. The minimum Gasteiger partial charge on any atom is -0.497 e. The molecule has 0 spiro atoms. The molecule has 0 bridgehead atoms. The average molecular weight is 306 g/mol. The topological polar surface area (TPSA) is 93.0 Å². The van der Waals surface area contributed by atoms with Crippen LogP contribution in [0.5, 0.6) is 11.5 Å². The number of furan rings is 1. The highest BCUT2D eigenvalue weighted by Crippen LogP contribution is 2.25. The number of hydrogen-bond donors (Lipinski definition) is 3. The van der Waals surface area contributed by atoms with E-state index in [-0.39, 0.29) is 6.54 Å². The number of amides is 2. The van der Waals surface area contributed by atoms with Gasteiger partial charge in [-0.05, 0) is 6.07 Å². The number of nitrogens with one attached hydrogen (secondary N) is 2. The normalized spacial score (nSPS) is 11.6. The van der Waals surface area contributed by atoms with E-state index in [1.165, 1.54) is 26.7 Å². The zero-order valence-corrected chi connectivity index (χ0v) is 12.3. The first kappa shape index (κ1) is 15.7. The molecule has 2 rings (SSSR count). The summed E-state index contributed by atoms with van der Waals surface area (Å²) in [7, 11) is 3.06. The maximum Gasteiger partial charge on any atom is 0.319 e. The highest BCUT2D eigenvalue weighted by molar-refractivity contribution is 5.89. The molecule has 0 aliphatic rings. The van der Waals surface area contributed by atoms with Gasteiger partial charge in [-0.25, -0.2) is 4.79 Å². The first-order valence-electron chi connectivity index (χ1n) is 6.60. The van der Waals surface area contributed by atoms with Gasteiger partial charge < -0.3 is 29.6 Å². The summed E-state index contributed by atoms with van der Waals surface area (Å²) in [6.07, 6.45) is 2.06. The van der Waals surface area contributed by atoms with E-state index in [4.69, 9.17) is 13.9 Å². The van der Waals surface area contributed by atoms with Crippen molar-refractivity contribution in [2.24, 2.45) is 0 Å². The SMILES string of the molecule is COc1cc(NC(=O)NC[C@@H](O)c2ccoc2)cc(OC)c1. The summed E-state index contributed by atoms with van der Waals surface area (Å²) in [5, 5.41) is 15.1. The minimum absolute atomic E-state index is 0.0620. The van der Waals surface area contributed by atoms with Crippen LogP contribution in [0.3, 0.4) is 0 Å². The van der Waals surface area contributed by atoms with Gasteiger partial charge in [0.1, 0.15) is 11.5 Å². The highest BCUT2D eigenvalue weighted by Gasteiger charge is 2.11. The van der Waals surface area contributed by atoms with Crippen molar-refractivity contribution in [1.29, 1.82) is 0 Å². The Hall–Kier alpha value is -2.67. The second kappa shape index (κ2) is 7.37. The molecule has 0 aliphatic carbocycles. The van der Waals surface area contributed by atoms with Gasteiger partial charge in [0.2, 0.25) is 0 Å². The monoisotopic (exact) mass is 306 g/mol. The Labute approximate surface area is 127 Å². The van der Waals surface area contributed by atoms with Gasteiger partial charge in [0, 0.05) is 36.0 Å². The van der Waals surface area contributed by atoms with Gasteiger partial charge in [-0.15, -0.1) is 0 Å². The van der Waals surface area contributed by atoms with E-state index < -0.39 is 12.1 Å². The Kier molecular flexibility index (Phi) is 5.26. The predicted octanol–water partition coefficient (Wildman–Crippen LogP) is 2.15. The summed E-state index contributed by atoms with van der Waals surface area (Å²) in [5.74, 6) is 1.13. The number of aliphatic hydroxyl groups is 1. The standard InChI is InChI=1S/C15H18N2O5/c1-20-12-5-11(6-13(7-12)21-2)17-15(19)16-8-14(18)10-3-4-22-9-10/h3-7,9,14,18H,8H2,1-2H3,(H2,16,17,19)/t14-/m1/s1. The van der Waals surface area contributed by atoms with Crippen LogP contribution >= 0.6 is 0 Å². The molecule has 0 aliphatic heterocycles. The van der Waals surface area contributed by atoms with Crippen LogP contribution in [0, 0.1) is 0 Å². The van der Waals surface area contributed by atoms with Crippen LogP contribution in [0.25, 0.3) is 0 Å². The van der Waals surface area contributed by atoms with Crippen LogP contribution in [-0.2, 0) is 0 Å². The van der Waals surface area contributed by atoms with Crippen molar-refractivity contribution in [2.75, 3.05) is 26.1 Å². The Bertz CT molecular complexity index is 590. The van der Waals surface area contributed by atoms with Crippen LogP contribution in [-0.4, -0.2) is 31.9 Å². The van der Waals surface area contributed by atoms with E-state index in [2.05, 4.69) is 10.6 Å². The second-order valence-corrected chi connectivity index (χ2v) is 4.51. The van der Waals surface area contributed by atoms with Gasteiger partial charge >= 0.3 is 6.03 Å². The lowest BCUT2D eigenvalue weighted by Gasteiger charge is -2.12. The quantitative estimate of drug-likeness (QED) is 0.760. The molecule has 1 heterocycles. The van der Waals surface area contributed by atoms with Crippen molar-refractivity contribution in [3.8, 4) is 11.5 Å². The molecule has 0 unspecified atom stereocenters. The fourth-order valence-electron chi connectivity index (χ4n) is 1.83. The molecular formula is C15H18N2O5. The summed E-state index contributed by atoms with van der Waals surface area (Å²) in [6, 6.07) is 6.21. The molecule has 118 valence electrons. The van der Waals surface area contributed by atoms with Gasteiger partial charge in [0.05, 0.1) is 32.8 Å². The molecule has 22 heavy (non-hydrogen) atoms. The van der Waals surface area contributed by atoms with E-state index in [9.17, 15) is 9.90 Å². The summed E-state index contributed by atoms with van der Waals surface area (Å²) >= 11 is 0. The van der Waals surface area contributed by atoms with Crippen molar-refractivity contribution in [3.05, 3.63) is 42.4 Å². The molecule has 1 aromatic heterocycles. The van der Waals surface area contributed by atoms with E-state index in [0.717, 1.165) is 0 Å². The van der Waals surface area contributed by atoms with Gasteiger partial charge in [-0.3, -0.25) is 0 Å². The fourth-order valence-corrected chi connectivity index (χ4v) is 1.83. The van der Waals surface area contributed by atoms with Crippen molar-refractivity contribution >= 4 is 11.7 Å². The molecule has 7 nitrogen and oxygen atoms in total. The van der Waals surface area contributed by atoms with Crippen LogP contribution in [0.2, 0.25) is 0 Å². The number of carbonyl (C=O) groups excluding carboxylic acids is 1. The summed E-state index contributed by atoms with van der Waals surface area (Å²) in [5.41, 5.74) is 1.12. The fraction of sp³-hybridized carbons (Fsp3) is 0.267. The predicted molar refractivity (Wildman–Crippen MR) is 80.2 cm³/mol. The molecule has 0 fully saturated rings. The molecule has 0 radical (unpaired) electrons. The van der Waals surface area contributed by atoms with Gasteiger partial charge in [-0.2, -0.15) is 0 Å². The number of aliphatic hydroxyl groups excluding tert-OH is 1. The summed E-state index contributed by atoms with van der Waals surface area (Å²) < 4.78 is 15.1. The molecule has 1 atom stereocenters. The van der Waals surface area contributed by atoms with Crippen molar-refractivity contribution in [1.82, 2.24) is 5.32 Å². The number of ether oxygens (including phenoxy) is 2. The third-order valence-corrected chi connectivity index (χ3v) is 2.99. The molecular weight excluding hydrogens is 288 g/mol. The van der Waals surface area contributed by atoms with Gasteiger partial charge in [-0.1, -0.05) is 0 Å². The molecule has 2 amide bonds. The lowest BCUT2D eigenvalue weighted by molar-refractivity contribution is 0.174. The van der Waals surface area contributed by atoms with Crippen LogP contribution < -0.4 is 20.1 Å². The number of anilines is 1. The smallest absolute Gasteiger partial charge is 0.319 e.